The standard InChI is InChI=1S/C22H26O2/c1-4-7-11-16-12-10-15-19-20(16)22(24-6-3)18-14-9-8-13-17(18)21(19)23-5-2/h8-10,12-15H,4-7,11H2,1-3H3. The highest BCUT2D eigenvalue weighted by Gasteiger charge is 2.17. The molecule has 0 heterocycles. The van der Waals surface area contributed by atoms with Gasteiger partial charge in [-0.3, -0.25) is 0 Å². The molecule has 0 amide bonds. The Kier molecular flexibility index (Phi) is 5.24. The van der Waals surface area contributed by atoms with Crippen molar-refractivity contribution < 1.29 is 9.47 Å². The molecule has 2 heteroatoms. The molecule has 0 N–H and O–H groups in total. The second kappa shape index (κ2) is 7.57. The maximum Gasteiger partial charge on any atom is 0.135 e. The number of ether oxygens (including phenoxy) is 2. The molecule has 3 aromatic rings. The fourth-order valence-corrected chi connectivity index (χ4v) is 3.39. The Labute approximate surface area is 144 Å². The number of rotatable bonds is 7. The van der Waals surface area contributed by atoms with Crippen LogP contribution in [0.5, 0.6) is 11.5 Å². The second-order valence-corrected chi connectivity index (χ2v) is 6.01. The molecule has 0 fully saturated rings. The van der Waals surface area contributed by atoms with Crippen LogP contribution in [0.3, 0.4) is 0 Å². The minimum absolute atomic E-state index is 0.659. The Morgan fingerprint density at radius 2 is 1.33 bits per heavy atom. The summed E-state index contributed by atoms with van der Waals surface area (Å²) >= 11 is 0. The quantitative estimate of drug-likeness (QED) is 0.487. The summed E-state index contributed by atoms with van der Waals surface area (Å²) in [5, 5.41) is 4.64. The maximum atomic E-state index is 6.13. The van der Waals surface area contributed by atoms with E-state index in [1.165, 1.54) is 23.8 Å². The van der Waals surface area contributed by atoms with Crippen LogP contribution in [0, 0.1) is 0 Å². The van der Waals surface area contributed by atoms with Crippen LogP contribution in [-0.2, 0) is 6.42 Å². The van der Waals surface area contributed by atoms with Crippen molar-refractivity contribution in [3.8, 4) is 11.5 Å². The Morgan fingerprint density at radius 1 is 0.708 bits per heavy atom. The molecule has 24 heavy (non-hydrogen) atoms. The normalized spacial score (nSPS) is 11.1. The number of unbranched alkanes of at least 4 members (excludes halogenated alkanes) is 1. The summed E-state index contributed by atoms with van der Waals surface area (Å²) < 4.78 is 12.2. The highest BCUT2D eigenvalue weighted by molar-refractivity contribution is 6.12. The van der Waals surface area contributed by atoms with Crippen LogP contribution >= 0.6 is 0 Å². The fourth-order valence-electron chi connectivity index (χ4n) is 3.39. The van der Waals surface area contributed by atoms with E-state index >= 15 is 0 Å². The summed E-state index contributed by atoms with van der Waals surface area (Å²) in [4.78, 5) is 0. The zero-order valence-corrected chi connectivity index (χ0v) is 14.9. The monoisotopic (exact) mass is 322 g/mol. The van der Waals surface area contributed by atoms with Crippen molar-refractivity contribution in [2.75, 3.05) is 13.2 Å². The van der Waals surface area contributed by atoms with E-state index in [-0.39, 0.29) is 0 Å². The highest BCUT2D eigenvalue weighted by atomic mass is 16.5. The molecule has 0 radical (unpaired) electrons. The van der Waals surface area contributed by atoms with Gasteiger partial charge in [0.15, 0.2) is 0 Å². The van der Waals surface area contributed by atoms with Crippen LogP contribution in [-0.4, -0.2) is 13.2 Å². The van der Waals surface area contributed by atoms with Gasteiger partial charge in [0.2, 0.25) is 0 Å². The summed E-state index contributed by atoms with van der Waals surface area (Å²) in [5.74, 6) is 1.98. The van der Waals surface area contributed by atoms with Gasteiger partial charge in [-0.25, -0.2) is 0 Å². The molecule has 0 unspecified atom stereocenters. The van der Waals surface area contributed by atoms with Gasteiger partial charge >= 0.3 is 0 Å². The smallest absolute Gasteiger partial charge is 0.135 e. The van der Waals surface area contributed by atoms with Crippen molar-refractivity contribution in [1.29, 1.82) is 0 Å². The lowest BCUT2D eigenvalue weighted by Crippen LogP contribution is -2.00. The number of hydrogen-bond donors (Lipinski definition) is 0. The van der Waals surface area contributed by atoms with Crippen molar-refractivity contribution >= 4 is 21.5 Å². The lowest BCUT2D eigenvalue weighted by Gasteiger charge is -2.19. The average Bonchev–Trinajstić information content (AvgIpc) is 2.62. The van der Waals surface area contributed by atoms with Gasteiger partial charge < -0.3 is 9.47 Å². The van der Waals surface area contributed by atoms with E-state index in [4.69, 9.17) is 9.47 Å². The summed E-state index contributed by atoms with van der Waals surface area (Å²) in [6.07, 6.45) is 3.44. The highest BCUT2D eigenvalue weighted by Crippen LogP contribution is 2.44. The van der Waals surface area contributed by atoms with Crippen molar-refractivity contribution in [2.45, 2.75) is 40.0 Å². The molecular formula is C22H26O2. The molecule has 3 aromatic carbocycles. The van der Waals surface area contributed by atoms with E-state index in [9.17, 15) is 0 Å². The van der Waals surface area contributed by atoms with Gasteiger partial charge in [0.1, 0.15) is 11.5 Å². The Balaban J connectivity index is 2.41. The zero-order chi connectivity index (χ0) is 16.9. The van der Waals surface area contributed by atoms with Gasteiger partial charge in [-0.2, -0.15) is 0 Å². The van der Waals surface area contributed by atoms with Crippen LogP contribution in [0.2, 0.25) is 0 Å². The van der Waals surface area contributed by atoms with Crippen molar-refractivity contribution in [3.05, 3.63) is 48.0 Å². The van der Waals surface area contributed by atoms with E-state index in [2.05, 4.69) is 49.4 Å². The Bertz CT molecular complexity index is 836. The first-order valence-electron chi connectivity index (χ1n) is 9.03. The second-order valence-electron chi connectivity index (χ2n) is 6.01. The number of benzene rings is 3. The maximum absolute atomic E-state index is 6.13. The first kappa shape index (κ1) is 16.6. The average molecular weight is 322 g/mol. The van der Waals surface area contributed by atoms with E-state index in [0.29, 0.717) is 13.2 Å². The van der Waals surface area contributed by atoms with Crippen LogP contribution < -0.4 is 9.47 Å². The van der Waals surface area contributed by atoms with E-state index in [0.717, 1.165) is 34.1 Å². The zero-order valence-electron chi connectivity index (χ0n) is 14.9. The van der Waals surface area contributed by atoms with Gasteiger partial charge in [0, 0.05) is 21.5 Å². The molecule has 0 saturated heterocycles. The van der Waals surface area contributed by atoms with Gasteiger partial charge in [-0.1, -0.05) is 55.8 Å². The van der Waals surface area contributed by atoms with Crippen molar-refractivity contribution in [1.82, 2.24) is 0 Å². The molecule has 0 saturated carbocycles. The third-order valence-electron chi connectivity index (χ3n) is 4.42. The molecule has 0 aliphatic heterocycles. The Morgan fingerprint density at radius 3 is 2.00 bits per heavy atom. The van der Waals surface area contributed by atoms with Crippen LogP contribution in [0.1, 0.15) is 39.2 Å². The van der Waals surface area contributed by atoms with Crippen molar-refractivity contribution in [3.63, 3.8) is 0 Å². The summed E-state index contributed by atoms with van der Waals surface area (Å²) in [6, 6.07) is 14.9. The van der Waals surface area contributed by atoms with E-state index in [1.807, 2.05) is 13.8 Å². The lowest BCUT2D eigenvalue weighted by molar-refractivity contribution is 0.342. The molecule has 2 nitrogen and oxygen atoms in total. The Hall–Kier alpha value is -2.22. The molecular weight excluding hydrogens is 296 g/mol. The molecule has 0 spiro atoms. The molecule has 0 aromatic heterocycles. The predicted molar refractivity (Wildman–Crippen MR) is 102 cm³/mol. The van der Waals surface area contributed by atoms with Crippen LogP contribution in [0.4, 0.5) is 0 Å². The summed E-state index contributed by atoms with van der Waals surface area (Å²) in [5.41, 5.74) is 1.35. The minimum Gasteiger partial charge on any atom is -0.493 e. The largest absolute Gasteiger partial charge is 0.493 e. The fraction of sp³-hybridized carbons (Fsp3) is 0.364. The van der Waals surface area contributed by atoms with Gasteiger partial charge in [-0.15, -0.1) is 0 Å². The summed E-state index contributed by atoms with van der Waals surface area (Å²) in [7, 11) is 0. The predicted octanol–water partition coefficient (Wildman–Crippen LogP) is 6.13. The van der Waals surface area contributed by atoms with E-state index < -0.39 is 0 Å². The molecule has 0 atom stereocenters. The van der Waals surface area contributed by atoms with Gasteiger partial charge in [0.25, 0.3) is 0 Å². The first-order valence-corrected chi connectivity index (χ1v) is 9.03. The number of aryl methyl sites for hydroxylation is 1. The topological polar surface area (TPSA) is 18.5 Å². The molecule has 0 aliphatic carbocycles. The molecule has 126 valence electrons. The molecule has 3 rings (SSSR count). The third-order valence-corrected chi connectivity index (χ3v) is 4.42. The lowest BCUT2D eigenvalue weighted by atomic mass is 9.94. The van der Waals surface area contributed by atoms with E-state index in [1.54, 1.807) is 0 Å². The van der Waals surface area contributed by atoms with Gasteiger partial charge in [0.05, 0.1) is 13.2 Å². The first-order chi connectivity index (χ1) is 11.8. The number of hydrogen-bond acceptors (Lipinski definition) is 2. The minimum atomic E-state index is 0.659. The SMILES string of the molecule is CCCCc1cccc2c(OCC)c3ccccc3c(OCC)c12. The van der Waals surface area contributed by atoms with Crippen molar-refractivity contribution in [2.24, 2.45) is 0 Å². The van der Waals surface area contributed by atoms with Crippen LogP contribution in [0.15, 0.2) is 42.5 Å². The number of fused-ring (bicyclic) bond motifs is 2. The molecule has 0 aliphatic rings. The van der Waals surface area contributed by atoms with Gasteiger partial charge in [-0.05, 0) is 32.3 Å². The van der Waals surface area contributed by atoms with Crippen LogP contribution in [0.25, 0.3) is 21.5 Å². The third kappa shape index (κ3) is 2.93. The summed E-state index contributed by atoms with van der Waals surface area (Å²) in [6.45, 7) is 7.64. The molecule has 0 bridgehead atoms.